The summed E-state index contributed by atoms with van der Waals surface area (Å²) in [6.45, 7) is 4.18. The fourth-order valence-corrected chi connectivity index (χ4v) is 2.53. The maximum Gasteiger partial charge on any atom is 0.256 e. The number of hydrogen-bond acceptors (Lipinski definition) is 3. The van der Waals surface area contributed by atoms with Crippen LogP contribution < -0.4 is 0 Å². The third-order valence-electron chi connectivity index (χ3n) is 3.61. The van der Waals surface area contributed by atoms with Crippen molar-refractivity contribution in [1.82, 2.24) is 19.8 Å². The summed E-state index contributed by atoms with van der Waals surface area (Å²) >= 11 is 0. The first-order valence-electron chi connectivity index (χ1n) is 6.63. The molecule has 0 spiro atoms. The van der Waals surface area contributed by atoms with E-state index in [0.717, 1.165) is 17.8 Å². The van der Waals surface area contributed by atoms with Crippen LogP contribution in [0.4, 0.5) is 0 Å². The molecule has 6 heteroatoms. The number of rotatable bonds is 2. The van der Waals surface area contributed by atoms with Crippen molar-refractivity contribution in [2.45, 2.75) is 6.92 Å². The number of aromatic amines is 1. The van der Waals surface area contributed by atoms with E-state index in [2.05, 4.69) is 9.97 Å². The average molecular weight is 272 g/mol. The highest BCUT2D eigenvalue weighted by Gasteiger charge is 2.23. The van der Waals surface area contributed by atoms with Crippen molar-refractivity contribution in [1.29, 1.82) is 0 Å². The summed E-state index contributed by atoms with van der Waals surface area (Å²) in [6.07, 6.45) is 0.833. The highest BCUT2D eigenvalue weighted by molar-refractivity contribution is 6.04. The van der Waals surface area contributed by atoms with Crippen LogP contribution in [0.3, 0.4) is 0 Å². The van der Waals surface area contributed by atoms with Crippen molar-refractivity contribution >= 4 is 23.4 Å². The molecule has 1 fully saturated rings. The first-order valence-corrected chi connectivity index (χ1v) is 6.63. The Hall–Kier alpha value is -2.37. The normalized spacial score (nSPS) is 15.7. The largest absolute Gasteiger partial charge is 0.342 e. The van der Waals surface area contributed by atoms with E-state index in [-0.39, 0.29) is 5.91 Å². The molecular weight excluding hydrogens is 256 g/mol. The Balaban J connectivity index is 1.87. The van der Waals surface area contributed by atoms with Crippen LogP contribution in [0.25, 0.3) is 11.0 Å². The molecule has 104 valence electrons. The molecule has 3 rings (SSSR count). The number of amides is 2. The van der Waals surface area contributed by atoms with Crippen LogP contribution in [0.2, 0.25) is 0 Å². The van der Waals surface area contributed by atoms with E-state index in [1.54, 1.807) is 15.9 Å². The van der Waals surface area contributed by atoms with Crippen LogP contribution in [0.15, 0.2) is 18.2 Å². The van der Waals surface area contributed by atoms with E-state index in [9.17, 15) is 9.59 Å². The van der Waals surface area contributed by atoms with Gasteiger partial charge in [0.05, 0.1) is 11.1 Å². The van der Waals surface area contributed by atoms with Crippen molar-refractivity contribution in [3.05, 3.63) is 29.6 Å². The third kappa shape index (κ3) is 2.13. The van der Waals surface area contributed by atoms with E-state index in [1.807, 2.05) is 19.1 Å². The van der Waals surface area contributed by atoms with Gasteiger partial charge in [-0.2, -0.15) is 0 Å². The molecule has 6 nitrogen and oxygen atoms in total. The SMILES string of the molecule is Cc1nc2c(C(=O)N3CCN(C=O)CC3)cccc2[nH]1. The number of benzene rings is 1. The number of fused-ring (bicyclic) bond motifs is 1. The molecule has 1 aromatic heterocycles. The smallest absolute Gasteiger partial charge is 0.256 e. The molecule has 0 atom stereocenters. The molecule has 1 aromatic carbocycles. The number of carbonyl (C=O) groups is 2. The Morgan fingerprint density at radius 3 is 2.75 bits per heavy atom. The van der Waals surface area contributed by atoms with Gasteiger partial charge in [0.15, 0.2) is 0 Å². The molecule has 1 N–H and O–H groups in total. The standard InChI is InChI=1S/C14H16N4O2/c1-10-15-12-4-2-3-11(13(12)16-10)14(20)18-7-5-17(9-19)6-8-18/h2-4,9H,5-8H2,1H3,(H,15,16). The molecule has 2 aromatic rings. The highest BCUT2D eigenvalue weighted by atomic mass is 16.2. The minimum atomic E-state index is -0.0207. The average Bonchev–Trinajstić information content (AvgIpc) is 2.86. The van der Waals surface area contributed by atoms with E-state index >= 15 is 0 Å². The summed E-state index contributed by atoms with van der Waals surface area (Å²) in [5.41, 5.74) is 2.21. The number of hydrogen-bond donors (Lipinski definition) is 1. The topological polar surface area (TPSA) is 69.3 Å². The van der Waals surface area contributed by atoms with Gasteiger partial charge in [0.1, 0.15) is 11.3 Å². The summed E-state index contributed by atoms with van der Waals surface area (Å²) < 4.78 is 0. The second-order valence-corrected chi connectivity index (χ2v) is 4.96. The molecular formula is C14H16N4O2. The molecule has 1 aliphatic heterocycles. The minimum Gasteiger partial charge on any atom is -0.342 e. The zero-order valence-corrected chi connectivity index (χ0v) is 11.3. The van der Waals surface area contributed by atoms with Gasteiger partial charge >= 0.3 is 0 Å². The molecule has 0 radical (unpaired) electrons. The minimum absolute atomic E-state index is 0.0207. The second-order valence-electron chi connectivity index (χ2n) is 4.96. The summed E-state index contributed by atoms with van der Waals surface area (Å²) in [6, 6.07) is 5.57. The lowest BCUT2D eigenvalue weighted by Gasteiger charge is -2.32. The van der Waals surface area contributed by atoms with Gasteiger partial charge in [0.2, 0.25) is 6.41 Å². The second kappa shape index (κ2) is 4.96. The van der Waals surface area contributed by atoms with Crippen molar-refractivity contribution in [3.63, 3.8) is 0 Å². The van der Waals surface area contributed by atoms with Crippen molar-refractivity contribution in [3.8, 4) is 0 Å². The number of para-hydroxylation sites is 1. The van der Waals surface area contributed by atoms with Crippen LogP contribution in [0, 0.1) is 6.92 Å². The Morgan fingerprint density at radius 2 is 2.05 bits per heavy atom. The first-order chi connectivity index (χ1) is 9.69. The lowest BCUT2D eigenvalue weighted by atomic mass is 10.1. The van der Waals surface area contributed by atoms with E-state index < -0.39 is 0 Å². The summed E-state index contributed by atoms with van der Waals surface area (Å²) in [5.74, 6) is 0.777. The van der Waals surface area contributed by atoms with Gasteiger partial charge in [-0.15, -0.1) is 0 Å². The Labute approximate surface area is 116 Å². The van der Waals surface area contributed by atoms with Gasteiger partial charge in [0.25, 0.3) is 5.91 Å². The van der Waals surface area contributed by atoms with Crippen molar-refractivity contribution in [2.24, 2.45) is 0 Å². The van der Waals surface area contributed by atoms with Gasteiger partial charge in [-0.25, -0.2) is 4.98 Å². The maximum atomic E-state index is 12.6. The number of aromatic nitrogens is 2. The van der Waals surface area contributed by atoms with Crippen LogP contribution in [0.5, 0.6) is 0 Å². The van der Waals surface area contributed by atoms with Crippen LogP contribution >= 0.6 is 0 Å². The highest BCUT2D eigenvalue weighted by Crippen LogP contribution is 2.18. The molecule has 1 saturated heterocycles. The molecule has 0 unspecified atom stereocenters. The van der Waals surface area contributed by atoms with E-state index in [1.165, 1.54) is 0 Å². The lowest BCUT2D eigenvalue weighted by Crippen LogP contribution is -2.48. The number of imidazole rings is 1. The van der Waals surface area contributed by atoms with E-state index in [4.69, 9.17) is 0 Å². The van der Waals surface area contributed by atoms with E-state index in [0.29, 0.717) is 37.3 Å². The molecule has 2 heterocycles. The zero-order chi connectivity index (χ0) is 14.1. The Morgan fingerprint density at radius 1 is 1.30 bits per heavy atom. The molecule has 0 aliphatic carbocycles. The Bertz CT molecular complexity index is 656. The van der Waals surface area contributed by atoms with Gasteiger partial charge in [-0.1, -0.05) is 6.07 Å². The number of aryl methyl sites for hydroxylation is 1. The number of carbonyl (C=O) groups excluding carboxylic acids is 2. The molecule has 20 heavy (non-hydrogen) atoms. The molecule has 1 aliphatic rings. The number of nitrogens with zero attached hydrogens (tertiary/aromatic N) is 3. The maximum absolute atomic E-state index is 12.6. The predicted molar refractivity (Wildman–Crippen MR) is 74.4 cm³/mol. The van der Waals surface area contributed by atoms with Crippen LogP contribution in [-0.4, -0.2) is 58.3 Å². The fourth-order valence-electron chi connectivity index (χ4n) is 2.53. The number of piperazine rings is 1. The van der Waals surface area contributed by atoms with Gasteiger partial charge < -0.3 is 14.8 Å². The number of nitrogens with one attached hydrogen (secondary N) is 1. The van der Waals surface area contributed by atoms with Gasteiger partial charge in [0, 0.05) is 26.2 Å². The number of H-pyrrole nitrogens is 1. The van der Waals surface area contributed by atoms with Crippen molar-refractivity contribution < 1.29 is 9.59 Å². The van der Waals surface area contributed by atoms with Gasteiger partial charge in [-0.3, -0.25) is 9.59 Å². The first kappa shape index (κ1) is 12.7. The predicted octanol–water partition coefficient (Wildman–Crippen LogP) is 0.786. The zero-order valence-electron chi connectivity index (χ0n) is 11.3. The fraction of sp³-hybridized carbons (Fsp3) is 0.357. The molecule has 0 saturated carbocycles. The monoisotopic (exact) mass is 272 g/mol. The summed E-state index contributed by atoms with van der Waals surface area (Å²) in [5, 5.41) is 0. The third-order valence-corrected chi connectivity index (χ3v) is 3.61. The van der Waals surface area contributed by atoms with Crippen LogP contribution in [0.1, 0.15) is 16.2 Å². The van der Waals surface area contributed by atoms with Gasteiger partial charge in [-0.05, 0) is 19.1 Å². The summed E-state index contributed by atoms with van der Waals surface area (Å²) in [7, 11) is 0. The molecule has 2 amide bonds. The quantitative estimate of drug-likeness (QED) is 0.822. The molecule has 0 bridgehead atoms. The summed E-state index contributed by atoms with van der Waals surface area (Å²) in [4.78, 5) is 34.3. The van der Waals surface area contributed by atoms with Crippen LogP contribution in [-0.2, 0) is 4.79 Å². The lowest BCUT2D eigenvalue weighted by molar-refractivity contribution is -0.119. The Kier molecular flexibility index (Phi) is 3.14. The van der Waals surface area contributed by atoms with Crippen molar-refractivity contribution in [2.75, 3.05) is 26.2 Å².